The van der Waals surface area contributed by atoms with E-state index in [0.29, 0.717) is 0 Å². The van der Waals surface area contributed by atoms with Gasteiger partial charge < -0.3 is 10.2 Å². The number of benzene rings is 2. The monoisotopic (exact) mass is 330 g/mol. The van der Waals surface area contributed by atoms with Gasteiger partial charge in [0.05, 0.1) is 10.0 Å². The Hall–Kier alpha value is -1.26. The van der Waals surface area contributed by atoms with Crippen molar-refractivity contribution in [3.63, 3.8) is 0 Å². The topological polar surface area (TPSA) is 57.5 Å². The highest BCUT2D eigenvalue weighted by atomic mass is 35.5. The largest absolute Gasteiger partial charge is 0.479 e. The summed E-state index contributed by atoms with van der Waals surface area (Å²) in [5, 5.41) is 20.3. The van der Waals surface area contributed by atoms with Crippen LogP contribution in [0.1, 0.15) is 11.1 Å². The summed E-state index contributed by atoms with van der Waals surface area (Å²) in [6.07, 6.45) is 0. The van der Waals surface area contributed by atoms with Gasteiger partial charge >= 0.3 is 5.97 Å². The zero-order valence-corrected chi connectivity index (χ0v) is 12.2. The number of rotatable bonds is 3. The lowest BCUT2D eigenvalue weighted by atomic mass is 9.86. The predicted molar refractivity (Wildman–Crippen MR) is 78.5 cm³/mol. The van der Waals surface area contributed by atoms with E-state index in [9.17, 15) is 15.0 Å². The normalized spacial score (nSPS) is 13.8. The van der Waals surface area contributed by atoms with Gasteiger partial charge in [-0.15, -0.1) is 0 Å². The molecule has 0 fully saturated rings. The Morgan fingerprint density at radius 2 is 1.50 bits per heavy atom. The van der Waals surface area contributed by atoms with Crippen LogP contribution in [-0.2, 0) is 10.4 Å². The fourth-order valence-electron chi connectivity index (χ4n) is 1.94. The summed E-state index contributed by atoms with van der Waals surface area (Å²) in [5.41, 5.74) is -2.30. The number of carboxylic acids is 1. The molecule has 0 aliphatic carbocycles. The highest BCUT2D eigenvalue weighted by Gasteiger charge is 2.43. The second-order valence-corrected chi connectivity index (χ2v) is 5.38. The fraction of sp³-hybridized carbons (Fsp3) is 0.0714. The van der Waals surface area contributed by atoms with Crippen LogP contribution in [0.15, 0.2) is 42.5 Å². The van der Waals surface area contributed by atoms with Crippen molar-refractivity contribution >= 4 is 40.8 Å². The SMILES string of the molecule is O=C(O)C(O)(c1ccccc1)c1c(Cl)cc(Cl)cc1Cl. The second-order valence-electron chi connectivity index (χ2n) is 4.13. The molecule has 0 aromatic heterocycles. The Labute approximate surface area is 130 Å². The number of carboxylic acid groups (broad SMARTS) is 1. The maximum Gasteiger partial charge on any atom is 0.345 e. The molecule has 0 amide bonds. The molecule has 0 radical (unpaired) electrons. The summed E-state index contributed by atoms with van der Waals surface area (Å²) < 4.78 is 0. The van der Waals surface area contributed by atoms with Gasteiger partial charge in [-0.2, -0.15) is 0 Å². The van der Waals surface area contributed by atoms with Gasteiger partial charge in [0.2, 0.25) is 5.60 Å². The minimum absolute atomic E-state index is 0.0174. The fourth-order valence-corrected chi connectivity index (χ4v) is 3.03. The minimum atomic E-state index is -2.35. The smallest absolute Gasteiger partial charge is 0.345 e. The van der Waals surface area contributed by atoms with E-state index < -0.39 is 11.6 Å². The third-order valence-electron chi connectivity index (χ3n) is 2.87. The Morgan fingerprint density at radius 3 is 1.95 bits per heavy atom. The van der Waals surface area contributed by atoms with Crippen molar-refractivity contribution in [3.8, 4) is 0 Å². The van der Waals surface area contributed by atoms with E-state index in [1.54, 1.807) is 18.2 Å². The lowest BCUT2D eigenvalue weighted by Gasteiger charge is -2.26. The molecule has 104 valence electrons. The molecular formula is C14H9Cl3O3. The lowest BCUT2D eigenvalue weighted by molar-refractivity contribution is -0.155. The molecule has 0 saturated heterocycles. The first-order valence-electron chi connectivity index (χ1n) is 5.53. The van der Waals surface area contributed by atoms with E-state index in [4.69, 9.17) is 34.8 Å². The molecule has 0 saturated carbocycles. The summed E-state index contributed by atoms with van der Waals surface area (Å²) in [4.78, 5) is 11.6. The van der Waals surface area contributed by atoms with Crippen molar-refractivity contribution in [1.29, 1.82) is 0 Å². The van der Waals surface area contributed by atoms with Gasteiger partial charge in [0.1, 0.15) is 0 Å². The molecule has 0 bridgehead atoms. The van der Waals surface area contributed by atoms with Crippen LogP contribution in [-0.4, -0.2) is 16.2 Å². The van der Waals surface area contributed by atoms with Gasteiger partial charge in [0, 0.05) is 10.6 Å². The molecule has 0 heterocycles. The highest BCUT2D eigenvalue weighted by molar-refractivity contribution is 6.39. The molecule has 1 unspecified atom stereocenters. The molecule has 0 aliphatic heterocycles. The Kier molecular flexibility index (Phi) is 4.25. The summed E-state index contributed by atoms with van der Waals surface area (Å²) in [6, 6.07) is 10.6. The van der Waals surface area contributed by atoms with Crippen molar-refractivity contribution in [3.05, 3.63) is 68.7 Å². The van der Waals surface area contributed by atoms with E-state index in [0.717, 1.165) is 0 Å². The van der Waals surface area contributed by atoms with Crippen molar-refractivity contribution < 1.29 is 15.0 Å². The zero-order valence-electron chi connectivity index (χ0n) is 9.98. The average Bonchev–Trinajstić information content (AvgIpc) is 2.38. The molecule has 1 atom stereocenters. The summed E-state index contributed by atoms with van der Waals surface area (Å²) in [5.74, 6) is -1.48. The first-order chi connectivity index (χ1) is 9.37. The van der Waals surface area contributed by atoms with Crippen molar-refractivity contribution in [1.82, 2.24) is 0 Å². The number of halogens is 3. The van der Waals surface area contributed by atoms with Crippen LogP contribution in [0.25, 0.3) is 0 Å². The molecule has 20 heavy (non-hydrogen) atoms. The van der Waals surface area contributed by atoms with Gasteiger partial charge in [-0.05, 0) is 17.7 Å². The van der Waals surface area contributed by atoms with Crippen LogP contribution in [0.2, 0.25) is 15.1 Å². The van der Waals surface area contributed by atoms with Gasteiger partial charge in [0.15, 0.2) is 0 Å². The van der Waals surface area contributed by atoms with Crippen LogP contribution in [0.4, 0.5) is 0 Å². The zero-order chi connectivity index (χ0) is 14.9. The third-order valence-corrected chi connectivity index (χ3v) is 3.68. The Morgan fingerprint density at radius 1 is 1.00 bits per heavy atom. The van der Waals surface area contributed by atoms with E-state index in [-0.39, 0.29) is 26.2 Å². The van der Waals surface area contributed by atoms with Gasteiger partial charge in [-0.3, -0.25) is 0 Å². The lowest BCUT2D eigenvalue weighted by Crippen LogP contribution is -2.37. The summed E-state index contributed by atoms with van der Waals surface area (Å²) in [6.45, 7) is 0. The molecule has 3 nitrogen and oxygen atoms in total. The molecule has 2 aromatic carbocycles. The molecular weight excluding hydrogens is 323 g/mol. The maximum atomic E-state index is 11.6. The average molecular weight is 332 g/mol. The first-order valence-corrected chi connectivity index (χ1v) is 6.67. The number of aliphatic carboxylic acids is 1. The van der Waals surface area contributed by atoms with Crippen molar-refractivity contribution in [2.24, 2.45) is 0 Å². The second kappa shape index (κ2) is 5.62. The standard InChI is InChI=1S/C14H9Cl3O3/c15-9-6-10(16)12(11(17)7-9)14(20,13(18)19)8-4-2-1-3-5-8/h1-7,20H,(H,18,19). The number of hydrogen-bond acceptors (Lipinski definition) is 2. The molecule has 2 rings (SSSR count). The number of hydrogen-bond donors (Lipinski definition) is 2. The van der Waals surface area contributed by atoms with Gasteiger partial charge in [-0.1, -0.05) is 65.1 Å². The summed E-state index contributed by atoms with van der Waals surface area (Å²) in [7, 11) is 0. The third kappa shape index (κ3) is 2.50. The van der Waals surface area contributed by atoms with Crippen LogP contribution in [0.5, 0.6) is 0 Å². The predicted octanol–water partition coefficient (Wildman–Crippen LogP) is 3.97. The quantitative estimate of drug-likeness (QED) is 0.895. The molecule has 2 N–H and O–H groups in total. The Bertz CT molecular complexity index is 635. The van der Waals surface area contributed by atoms with E-state index in [1.165, 1.54) is 24.3 Å². The number of carbonyl (C=O) groups is 1. The number of aliphatic hydroxyl groups is 1. The van der Waals surface area contributed by atoms with Crippen LogP contribution < -0.4 is 0 Å². The van der Waals surface area contributed by atoms with Crippen LogP contribution >= 0.6 is 34.8 Å². The molecule has 0 aliphatic rings. The van der Waals surface area contributed by atoms with Gasteiger partial charge in [0.25, 0.3) is 0 Å². The molecule has 6 heteroatoms. The summed E-state index contributed by atoms with van der Waals surface area (Å²) >= 11 is 17.8. The highest BCUT2D eigenvalue weighted by Crippen LogP contribution is 2.40. The first kappa shape index (κ1) is 15.1. The van der Waals surface area contributed by atoms with Gasteiger partial charge in [-0.25, -0.2) is 4.79 Å². The van der Waals surface area contributed by atoms with Crippen LogP contribution in [0.3, 0.4) is 0 Å². The molecule has 0 spiro atoms. The van der Waals surface area contributed by atoms with E-state index in [1.807, 2.05) is 0 Å². The Balaban J connectivity index is 2.76. The van der Waals surface area contributed by atoms with Crippen LogP contribution in [0, 0.1) is 0 Å². The van der Waals surface area contributed by atoms with E-state index >= 15 is 0 Å². The van der Waals surface area contributed by atoms with E-state index in [2.05, 4.69) is 0 Å². The van der Waals surface area contributed by atoms with Crippen molar-refractivity contribution in [2.75, 3.05) is 0 Å². The molecule has 2 aromatic rings. The minimum Gasteiger partial charge on any atom is -0.479 e. The van der Waals surface area contributed by atoms with Crippen molar-refractivity contribution in [2.45, 2.75) is 5.60 Å². The maximum absolute atomic E-state index is 11.6.